The number of hydrogen-bond donors (Lipinski definition) is 1. The van der Waals surface area contributed by atoms with E-state index in [1.54, 1.807) is 0 Å². The number of nitrogens with one attached hydrogen (secondary N) is 1. The van der Waals surface area contributed by atoms with E-state index in [0.29, 0.717) is 0 Å². The van der Waals surface area contributed by atoms with Crippen molar-refractivity contribution in [3.63, 3.8) is 0 Å². The number of rotatable bonds is 4. The third-order valence-electron chi connectivity index (χ3n) is 0.869. The fraction of sp³-hybridized carbons (Fsp3) is 0.714. The Bertz CT molecular complexity index is 88.9. The highest BCUT2D eigenvalue weighted by atomic mass is 79.9. The number of halogens is 1. The summed E-state index contributed by atoms with van der Waals surface area (Å²) < 4.78 is 1.02. The average molecular weight is 192 g/mol. The van der Waals surface area contributed by atoms with Gasteiger partial charge in [0.1, 0.15) is 0 Å². The molecule has 0 fully saturated rings. The second-order valence-corrected chi connectivity index (χ2v) is 3.66. The molecule has 0 aliphatic carbocycles. The molecule has 0 radical (unpaired) electrons. The highest BCUT2D eigenvalue weighted by Gasteiger charge is 1.91. The third-order valence-corrected chi connectivity index (χ3v) is 1.15. The van der Waals surface area contributed by atoms with Crippen molar-refractivity contribution in [1.29, 1.82) is 0 Å². The summed E-state index contributed by atoms with van der Waals surface area (Å²) in [4.78, 5) is 0. The summed E-state index contributed by atoms with van der Waals surface area (Å²) in [7, 11) is 0. The summed E-state index contributed by atoms with van der Waals surface area (Å²) in [6.07, 6.45) is 0. The largest absolute Gasteiger partial charge is 0.312 e. The first-order chi connectivity index (χ1) is 4.13. The predicted molar refractivity (Wildman–Crippen MR) is 45.8 cm³/mol. The third kappa shape index (κ3) is 8.18. The molecule has 0 amide bonds. The van der Waals surface area contributed by atoms with Crippen molar-refractivity contribution in [1.82, 2.24) is 5.32 Å². The summed E-state index contributed by atoms with van der Waals surface area (Å²) in [6, 6.07) is 0. The van der Waals surface area contributed by atoms with Gasteiger partial charge in [0.25, 0.3) is 0 Å². The lowest BCUT2D eigenvalue weighted by Crippen LogP contribution is -2.20. The number of hydrogen-bond acceptors (Lipinski definition) is 1. The SMILES string of the molecule is C=C(Br)CNCC(C)C. The summed E-state index contributed by atoms with van der Waals surface area (Å²) in [6.45, 7) is 10.0. The molecule has 0 aromatic carbocycles. The molecule has 0 bridgehead atoms. The summed E-state index contributed by atoms with van der Waals surface area (Å²) in [5.74, 6) is 0.719. The van der Waals surface area contributed by atoms with Gasteiger partial charge in [0, 0.05) is 11.0 Å². The molecule has 0 saturated heterocycles. The Morgan fingerprint density at radius 3 is 2.56 bits per heavy atom. The smallest absolute Gasteiger partial charge is 0.0265 e. The summed E-state index contributed by atoms with van der Waals surface area (Å²) >= 11 is 3.27. The van der Waals surface area contributed by atoms with Crippen molar-refractivity contribution in [2.75, 3.05) is 13.1 Å². The molecule has 0 atom stereocenters. The van der Waals surface area contributed by atoms with Crippen LogP contribution in [0.25, 0.3) is 0 Å². The molecular weight excluding hydrogens is 178 g/mol. The van der Waals surface area contributed by atoms with Gasteiger partial charge in [-0.2, -0.15) is 0 Å². The zero-order chi connectivity index (χ0) is 7.28. The molecule has 0 aromatic heterocycles. The van der Waals surface area contributed by atoms with Crippen molar-refractivity contribution < 1.29 is 0 Å². The topological polar surface area (TPSA) is 12.0 Å². The molecule has 0 aromatic rings. The second kappa shape index (κ2) is 5.00. The highest BCUT2D eigenvalue weighted by Crippen LogP contribution is 1.97. The summed E-state index contributed by atoms with van der Waals surface area (Å²) in [5.41, 5.74) is 0. The molecular formula is C7H14BrN. The molecule has 0 rings (SSSR count). The zero-order valence-corrected chi connectivity index (χ0v) is 7.66. The minimum absolute atomic E-state index is 0.719. The Labute approximate surface area is 65.7 Å². The van der Waals surface area contributed by atoms with Crippen LogP contribution in [0.4, 0.5) is 0 Å². The lowest BCUT2D eigenvalue weighted by molar-refractivity contribution is 0.576. The lowest BCUT2D eigenvalue weighted by atomic mass is 10.2. The van der Waals surface area contributed by atoms with E-state index in [1.165, 1.54) is 0 Å². The molecule has 0 saturated carbocycles. The van der Waals surface area contributed by atoms with E-state index >= 15 is 0 Å². The van der Waals surface area contributed by atoms with Crippen LogP contribution in [0.5, 0.6) is 0 Å². The standard InChI is InChI=1S/C7H14BrN/c1-6(2)4-9-5-7(3)8/h6,9H,3-5H2,1-2H3. The van der Waals surface area contributed by atoms with Crippen LogP contribution in [-0.4, -0.2) is 13.1 Å². The molecule has 1 nitrogen and oxygen atoms in total. The Kier molecular flexibility index (Phi) is 5.10. The van der Waals surface area contributed by atoms with Crippen molar-refractivity contribution >= 4 is 15.9 Å². The molecule has 0 aliphatic rings. The predicted octanol–water partition coefficient (Wildman–Crippen LogP) is 2.14. The first-order valence-corrected chi connectivity index (χ1v) is 3.96. The fourth-order valence-corrected chi connectivity index (χ4v) is 0.695. The van der Waals surface area contributed by atoms with E-state index in [0.717, 1.165) is 23.5 Å². The van der Waals surface area contributed by atoms with Crippen LogP contribution in [0.2, 0.25) is 0 Å². The monoisotopic (exact) mass is 191 g/mol. The first kappa shape index (κ1) is 9.18. The van der Waals surface area contributed by atoms with E-state index < -0.39 is 0 Å². The van der Waals surface area contributed by atoms with Gasteiger partial charge in [-0.25, -0.2) is 0 Å². The van der Waals surface area contributed by atoms with E-state index in [1.807, 2.05) is 0 Å². The lowest BCUT2D eigenvalue weighted by Gasteiger charge is -2.04. The van der Waals surface area contributed by atoms with E-state index in [9.17, 15) is 0 Å². The van der Waals surface area contributed by atoms with E-state index in [4.69, 9.17) is 0 Å². The van der Waals surface area contributed by atoms with Crippen molar-refractivity contribution in [3.8, 4) is 0 Å². The molecule has 54 valence electrons. The normalized spacial score (nSPS) is 10.2. The maximum atomic E-state index is 3.71. The van der Waals surface area contributed by atoms with Gasteiger partial charge in [-0.15, -0.1) is 0 Å². The first-order valence-electron chi connectivity index (χ1n) is 3.17. The maximum absolute atomic E-state index is 3.71. The van der Waals surface area contributed by atoms with Crippen molar-refractivity contribution in [2.45, 2.75) is 13.8 Å². The van der Waals surface area contributed by atoms with Crippen LogP contribution in [0.15, 0.2) is 11.1 Å². The van der Waals surface area contributed by atoms with Crippen LogP contribution in [-0.2, 0) is 0 Å². The Balaban J connectivity index is 3.01. The molecule has 9 heavy (non-hydrogen) atoms. The average Bonchev–Trinajstić information content (AvgIpc) is 1.63. The van der Waals surface area contributed by atoms with Crippen LogP contribution < -0.4 is 5.32 Å². The molecule has 0 aliphatic heterocycles. The van der Waals surface area contributed by atoms with Gasteiger partial charge in [0.15, 0.2) is 0 Å². The molecule has 0 heterocycles. The van der Waals surface area contributed by atoms with Gasteiger partial charge in [-0.05, 0) is 12.5 Å². The Morgan fingerprint density at radius 1 is 1.67 bits per heavy atom. The molecule has 2 heteroatoms. The van der Waals surface area contributed by atoms with Gasteiger partial charge in [0.2, 0.25) is 0 Å². The summed E-state index contributed by atoms with van der Waals surface area (Å²) in [5, 5.41) is 3.24. The van der Waals surface area contributed by atoms with Crippen LogP contribution in [0.3, 0.4) is 0 Å². The Hall–Kier alpha value is 0.180. The van der Waals surface area contributed by atoms with Gasteiger partial charge >= 0.3 is 0 Å². The maximum Gasteiger partial charge on any atom is 0.0265 e. The van der Waals surface area contributed by atoms with Gasteiger partial charge in [-0.3, -0.25) is 0 Å². The van der Waals surface area contributed by atoms with Gasteiger partial charge in [-0.1, -0.05) is 36.4 Å². The van der Waals surface area contributed by atoms with E-state index in [2.05, 4.69) is 41.7 Å². The second-order valence-electron chi connectivity index (χ2n) is 2.54. The van der Waals surface area contributed by atoms with Crippen molar-refractivity contribution in [3.05, 3.63) is 11.1 Å². The quantitative estimate of drug-likeness (QED) is 0.719. The molecule has 0 unspecified atom stereocenters. The Morgan fingerprint density at radius 2 is 2.22 bits per heavy atom. The van der Waals surface area contributed by atoms with E-state index in [-0.39, 0.29) is 0 Å². The van der Waals surface area contributed by atoms with Crippen molar-refractivity contribution in [2.24, 2.45) is 5.92 Å². The van der Waals surface area contributed by atoms with Crippen LogP contribution in [0, 0.1) is 5.92 Å². The highest BCUT2D eigenvalue weighted by molar-refractivity contribution is 9.11. The molecule has 1 N–H and O–H groups in total. The fourth-order valence-electron chi connectivity index (χ4n) is 0.496. The van der Waals surface area contributed by atoms with Gasteiger partial charge < -0.3 is 5.32 Å². The zero-order valence-electron chi connectivity index (χ0n) is 6.08. The van der Waals surface area contributed by atoms with Crippen LogP contribution in [0.1, 0.15) is 13.8 Å². The minimum atomic E-state index is 0.719. The minimum Gasteiger partial charge on any atom is -0.312 e. The van der Waals surface area contributed by atoms with Gasteiger partial charge in [0.05, 0.1) is 0 Å². The van der Waals surface area contributed by atoms with Crippen LogP contribution >= 0.6 is 15.9 Å². The molecule has 0 spiro atoms.